The van der Waals surface area contributed by atoms with Crippen LogP contribution < -0.4 is 27.7 Å². The second-order valence-electron chi connectivity index (χ2n) is 8.79. The van der Waals surface area contributed by atoms with Crippen LogP contribution in [-0.2, 0) is 11.2 Å². The second-order valence-corrected chi connectivity index (χ2v) is 8.79. The maximum absolute atomic E-state index is 13.1. The third-order valence-corrected chi connectivity index (χ3v) is 5.95. The van der Waals surface area contributed by atoms with Crippen molar-refractivity contribution in [1.82, 2.24) is 21.1 Å². The number of halogens is 1. The molecule has 3 amide bonds. The van der Waals surface area contributed by atoms with Crippen LogP contribution in [0.25, 0.3) is 11.1 Å². The molecule has 39 heavy (non-hydrogen) atoms. The van der Waals surface area contributed by atoms with Crippen molar-refractivity contribution in [2.45, 2.75) is 18.9 Å². The summed E-state index contributed by atoms with van der Waals surface area (Å²) in [5, 5.41) is 15.5. The van der Waals surface area contributed by atoms with Crippen LogP contribution in [0, 0.1) is 5.82 Å². The lowest BCUT2D eigenvalue weighted by Gasteiger charge is -2.26. The number of nitrogens with one attached hydrogen (secondary N) is 3. The summed E-state index contributed by atoms with van der Waals surface area (Å²) in [5.74, 6) is 4.51. The van der Waals surface area contributed by atoms with E-state index in [9.17, 15) is 18.8 Å². The summed E-state index contributed by atoms with van der Waals surface area (Å²) in [4.78, 5) is 36.1. The number of amides is 3. The fourth-order valence-electron chi connectivity index (χ4n) is 3.86. The molecule has 10 nitrogen and oxygen atoms in total. The van der Waals surface area contributed by atoms with E-state index in [-0.39, 0.29) is 30.1 Å². The maximum atomic E-state index is 13.1. The van der Waals surface area contributed by atoms with Gasteiger partial charge in [-0.25, -0.2) is 15.7 Å². The number of hydroxylamine groups is 1. The summed E-state index contributed by atoms with van der Waals surface area (Å²) in [6.45, 7) is -0.0351. The molecule has 11 heteroatoms. The summed E-state index contributed by atoms with van der Waals surface area (Å²) in [5.41, 5.74) is 11.3. The van der Waals surface area contributed by atoms with Crippen LogP contribution >= 0.6 is 0 Å². The van der Waals surface area contributed by atoms with Crippen LogP contribution in [0.15, 0.2) is 84.7 Å². The van der Waals surface area contributed by atoms with Gasteiger partial charge in [-0.1, -0.05) is 36.4 Å². The standard InChI is InChI=1S/C28H31FN6O4/c1-32-27(37)22-4-2-3-21(14-22)19-7-5-18(6-8-19)13-25(15-26(36)34-39)35(31)17-24(30)16-33-28(38)20-9-11-23(29)12-10-20/h2-12,14,17,25,39H,13,15-16,30-31H2,1H3,(H,32,37)(H,33,38)(H,34,36)/b24-17-. The van der Waals surface area contributed by atoms with Gasteiger partial charge in [0.15, 0.2) is 0 Å². The van der Waals surface area contributed by atoms with E-state index in [1.807, 2.05) is 36.4 Å². The maximum Gasteiger partial charge on any atom is 0.251 e. The zero-order valence-electron chi connectivity index (χ0n) is 21.4. The van der Waals surface area contributed by atoms with Crippen molar-refractivity contribution in [3.63, 3.8) is 0 Å². The average Bonchev–Trinajstić information content (AvgIpc) is 2.95. The van der Waals surface area contributed by atoms with Crippen LogP contribution in [0.4, 0.5) is 4.39 Å². The molecule has 0 heterocycles. The minimum Gasteiger partial charge on any atom is -0.399 e. The number of benzene rings is 3. The second kappa shape index (κ2) is 13.7. The van der Waals surface area contributed by atoms with Gasteiger partial charge in [-0.2, -0.15) is 0 Å². The summed E-state index contributed by atoms with van der Waals surface area (Å²) in [7, 11) is 1.57. The first-order valence-electron chi connectivity index (χ1n) is 12.1. The van der Waals surface area contributed by atoms with E-state index >= 15 is 0 Å². The van der Waals surface area contributed by atoms with E-state index < -0.39 is 23.7 Å². The predicted molar refractivity (Wildman–Crippen MR) is 144 cm³/mol. The van der Waals surface area contributed by atoms with Crippen LogP contribution in [0.2, 0.25) is 0 Å². The van der Waals surface area contributed by atoms with Gasteiger partial charge in [0, 0.05) is 30.1 Å². The van der Waals surface area contributed by atoms with Gasteiger partial charge in [0.25, 0.3) is 11.8 Å². The van der Waals surface area contributed by atoms with Crippen molar-refractivity contribution in [1.29, 1.82) is 0 Å². The van der Waals surface area contributed by atoms with Gasteiger partial charge in [0.2, 0.25) is 5.91 Å². The van der Waals surface area contributed by atoms with Gasteiger partial charge in [-0.15, -0.1) is 0 Å². The topological polar surface area (TPSA) is 163 Å². The van der Waals surface area contributed by atoms with Crippen molar-refractivity contribution in [2.24, 2.45) is 11.6 Å². The summed E-state index contributed by atoms with van der Waals surface area (Å²) in [6, 6.07) is 19.3. The van der Waals surface area contributed by atoms with Gasteiger partial charge in [0.1, 0.15) is 5.82 Å². The highest BCUT2D eigenvalue weighted by Crippen LogP contribution is 2.22. The molecule has 204 valence electrons. The number of nitrogens with zero attached hydrogens (tertiary/aromatic N) is 1. The zero-order valence-corrected chi connectivity index (χ0v) is 21.4. The zero-order chi connectivity index (χ0) is 28.4. The van der Waals surface area contributed by atoms with Crippen molar-refractivity contribution < 1.29 is 24.0 Å². The Labute approximate surface area is 225 Å². The monoisotopic (exact) mass is 534 g/mol. The van der Waals surface area contributed by atoms with E-state index in [1.165, 1.54) is 35.5 Å². The average molecular weight is 535 g/mol. The fraction of sp³-hybridized carbons (Fsp3) is 0.179. The molecule has 0 aromatic heterocycles. The number of hydrazine groups is 1. The molecule has 0 fully saturated rings. The van der Waals surface area contributed by atoms with Crippen molar-refractivity contribution >= 4 is 17.7 Å². The lowest BCUT2D eigenvalue weighted by Crippen LogP contribution is -2.42. The van der Waals surface area contributed by atoms with Crippen molar-refractivity contribution in [2.75, 3.05) is 13.6 Å². The Bertz CT molecular complexity index is 1330. The Kier molecular flexibility index (Phi) is 10.1. The molecule has 1 atom stereocenters. The largest absolute Gasteiger partial charge is 0.399 e. The lowest BCUT2D eigenvalue weighted by molar-refractivity contribution is -0.130. The number of carbonyl (C=O) groups excluding carboxylic acids is 3. The number of carbonyl (C=O) groups is 3. The van der Waals surface area contributed by atoms with E-state index in [1.54, 1.807) is 24.7 Å². The minimum atomic E-state index is -0.630. The minimum absolute atomic E-state index is 0.0351. The van der Waals surface area contributed by atoms with Crippen LogP contribution in [-0.4, -0.2) is 47.6 Å². The van der Waals surface area contributed by atoms with Gasteiger partial charge < -0.3 is 21.4 Å². The fourth-order valence-corrected chi connectivity index (χ4v) is 3.86. The highest BCUT2D eigenvalue weighted by molar-refractivity contribution is 5.95. The molecule has 0 spiro atoms. The Morgan fingerprint density at radius 3 is 2.31 bits per heavy atom. The SMILES string of the molecule is CNC(=O)c1cccc(-c2ccc(CC(CC(=O)NO)N(N)/C=C(\N)CNC(=O)c3ccc(F)cc3)cc2)c1. The Morgan fingerprint density at radius 1 is 0.974 bits per heavy atom. The molecule has 3 aromatic carbocycles. The van der Waals surface area contributed by atoms with Crippen LogP contribution in [0.1, 0.15) is 32.7 Å². The molecule has 0 radical (unpaired) electrons. The van der Waals surface area contributed by atoms with Crippen LogP contribution in [0.3, 0.4) is 0 Å². The van der Waals surface area contributed by atoms with Crippen LogP contribution in [0.5, 0.6) is 0 Å². The molecule has 3 aromatic rings. The van der Waals surface area contributed by atoms with Gasteiger partial charge >= 0.3 is 0 Å². The van der Waals surface area contributed by atoms with Crippen molar-refractivity contribution in [3.05, 3.63) is 107 Å². The van der Waals surface area contributed by atoms with E-state index in [2.05, 4.69) is 10.6 Å². The quantitative estimate of drug-likeness (QED) is 0.125. The molecule has 8 N–H and O–H groups in total. The van der Waals surface area contributed by atoms with Crippen molar-refractivity contribution in [3.8, 4) is 11.1 Å². The first kappa shape index (κ1) is 28.8. The number of hydrogen-bond acceptors (Lipinski definition) is 7. The third kappa shape index (κ3) is 8.38. The summed E-state index contributed by atoms with van der Waals surface area (Å²) < 4.78 is 13.1. The molecule has 0 saturated carbocycles. The van der Waals surface area contributed by atoms with Gasteiger partial charge in [-0.05, 0) is 59.5 Å². The number of nitrogens with two attached hydrogens (primary N) is 2. The first-order chi connectivity index (χ1) is 18.7. The molecule has 0 aliphatic carbocycles. The molecule has 0 aliphatic heterocycles. The molecule has 1 unspecified atom stereocenters. The van der Waals surface area contributed by atoms with Gasteiger partial charge in [0.05, 0.1) is 19.0 Å². The number of rotatable bonds is 11. The predicted octanol–water partition coefficient (Wildman–Crippen LogP) is 2.06. The third-order valence-electron chi connectivity index (χ3n) is 5.95. The lowest BCUT2D eigenvalue weighted by atomic mass is 9.98. The molecule has 0 aliphatic rings. The smallest absolute Gasteiger partial charge is 0.251 e. The first-order valence-corrected chi connectivity index (χ1v) is 12.1. The Balaban J connectivity index is 1.68. The van der Waals surface area contributed by atoms with E-state index in [0.29, 0.717) is 12.0 Å². The Hall–Kier alpha value is -4.74. The summed E-state index contributed by atoms with van der Waals surface area (Å²) >= 11 is 0. The Morgan fingerprint density at radius 2 is 1.67 bits per heavy atom. The number of hydrogen-bond donors (Lipinski definition) is 6. The molecular weight excluding hydrogens is 503 g/mol. The highest BCUT2D eigenvalue weighted by atomic mass is 19.1. The molecule has 3 rings (SSSR count). The molecule has 0 bridgehead atoms. The summed E-state index contributed by atoms with van der Waals surface area (Å²) in [6.07, 6.45) is 1.61. The van der Waals surface area contributed by atoms with E-state index in [4.69, 9.17) is 16.8 Å². The molecular formula is C28H31FN6O4. The highest BCUT2D eigenvalue weighted by Gasteiger charge is 2.19. The van der Waals surface area contributed by atoms with Gasteiger partial charge in [-0.3, -0.25) is 19.6 Å². The van der Waals surface area contributed by atoms with E-state index in [0.717, 1.165) is 16.7 Å². The molecule has 0 saturated heterocycles. The normalized spacial score (nSPS) is 11.8.